The Hall–Kier alpha value is -1.35. The number of rotatable bonds is 1. The van der Waals surface area contributed by atoms with Crippen LogP contribution in [0.25, 0.3) is 0 Å². The van der Waals surface area contributed by atoms with E-state index in [0.29, 0.717) is 6.04 Å². The van der Waals surface area contributed by atoms with Gasteiger partial charge in [0.05, 0.1) is 6.04 Å². The Kier molecular flexibility index (Phi) is 2.90. The average Bonchev–Trinajstić information content (AvgIpc) is 2.37. The maximum absolute atomic E-state index is 11.5. The molecule has 102 valence electrons. The topological polar surface area (TPSA) is 29.5 Å². The summed E-state index contributed by atoms with van der Waals surface area (Å²) in [5.74, 6) is -0.170. The lowest BCUT2D eigenvalue weighted by Gasteiger charge is -2.53. The molecule has 2 aliphatic rings. The van der Waals surface area contributed by atoms with Gasteiger partial charge in [0, 0.05) is 12.3 Å². The number of benzene rings is 1. The number of nitrogens with zero attached hydrogens (tertiary/aromatic N) is 1. The summed E-state index contributed by atoms with van der Waals surface area (Å²) in [7, 11) is 2.13. The number of carbonyl (C=O) groups excluding carboxylic acids is 1. The largest absolute Gasteiger partial charge is 0.460 e. The lowest BCUT2D eigenvalue weighted by atomic mass is 9.63. The van der Waals surface area contributed by atoms with Gasteiger partial charge in [-0.25, -0.2) is 0 Å². The van der Waals surface area contributed by atoms with Gasteiger partial charge < -0.3 is 4.74 Å². The van der Waals surface area contributed by atoms with Crippen LogP contribution in [0, 0.1) is 0 Å². The van der Waals surface area contributed by atoms with Gasteiger partial charge in [0.15, 0.2) is 0 Å². The van der Waals surface area contributed by atoms with Crippen molar-refractivity contribution >= 4 is 5.97 Å². The van der Waals surface area contributed by atoms with E-state index in [1.54, 1.807) is 0 Å². The van der Waals surface area contributed by atoms with Crippen LogP contribution in [-0.4, -0.2) is 36.6 Å². The van der Waals surface area contributed by atoms with E-state index < -0.39 is 0 Å². The van der Waals surface area contributed by atoms with Gasteiger partial charge in [0.25, 0.3) is 0 Å². The molecule has 3 rings (SSSR count). The fraction of sp³-hybridized carbons (Fsp3) is 0.562. The van der Waals surface area contributed by atoms with Crippen LogP contribution in [0.5, 0.6) is 0 Å². The Morgan fingerprint density at radius 2 is 2.16 bits per heavy atom. The number of piperidine rings is 1. The number of ether oxygens (including phenoxy) is 1. The first kappa shape index (κ1) is 12.7. The highest BCUT2D eigenvalue weighted by atomic mass is 16.5. The number of esters is 1. The predicted octanol–water partition coefficient (Wildman–Crippen LogP) is 2.14. The number of hydrogen-bond donors (Lipinski definition) is 0. The van der Waals surface area contributed by atoms with E-state index in [1.807, 2.05) is 0 Å². The summed E-state index contributed by atoms with van der Waals surface area (Å²) in [5.41, 5.74) is 2.73. The average molecular weight is 259 g/mol. The molecular weight excluding hydrogens is 238 g/mol. The van der Waals surface area contributed by atoms with Gasteiger partial charge in [-0.05, 0) is 37.6 Å². The van der Waals surface area contributed by atoms with Gasteiger partial charge in [-0.2, -0.15) is 0 Å². The van der Waals surface area contributed by atoms with Crippen molar-refractivity contribution in [1.82, 2.24) is 4.90 Å². The molecule has 0 amide bonds. The third-order valence-electron chi connectivity index (χ3n) is 4.88. The molecule has 3 atom stereocenters. The van der Waals surface area contributed by atoms with Crippen molar-refractivity contribution in [1.29, 1.82) is 0 Å². The SMILES string of the molecule is CC(=O)O[C@@H]1[C@@H]2Cc3ccccc3[C@]1(C)CCN2C. The van der Waals surface area contributed by atoms with Crippen LogP contribution in [-0.2, 0) is 21.4 Å². The Morgan fingerprint density at radius 1 is 1.42 bits per heavy atom. The first-order chi connectivity index (χ1) is 9.02. The zero-order chi connectivity index (χ0) is 13.6. The number of likely N-dealkylation sites (tertiary alicyclic amines) is 1. The van der Waals surface area contributed by atoms with Crippen LogP contribution >= 0.6 is 0 Å². The van der Waals surface area contributed by atoms with Gasteiger partial charge in [-0.15, -0.1) is 0 Å². The molecule has 1 aromatic carbocycles. The first-order valence-electron chi connectivity index (χ1n) is 6.98. The zero-order valence-corrected chi connectivity index (χ0v) is 11.8. The summed E-state index contributed by atoms with van der Waals surface area (Å²) < 4.78 is 5.71. The summed E-state index contributed by atoms with van der Waals surface area (Å²) in [6, 6.07) is 8.91. The molecule has 1 fully saturated rings. The van der Waals surface area contributed by atoms with Gasteiger partial charge in [-0.1, -0.05) is 31.2 Å². The van der Waals surface area contributed by atoms with Crippen LogP contribution in [0.4, 0.5) is 0 Å². The number of likely N-dealkylation sites (N-methyl/N-ethyl adjacent to an activating group) is 1. The minimum Gasteiger partial charge on any atom is -0.460 e. The van der Waals surface area contributed by atoms with E-state index in [1.165, 1.54) is 18.1 Å². The van der Waals surface area contributed by atoms with Crippen molar-refractivity contribution in [2.24, 2.45) is 0 Å². The molecule has 1 saturated heterocycles. The maximum atomic E-state index is 11.5. The zero-order valence-electron chi connectivity index (χ0n) is 11.8. The second kappa shape index (κ2) is 4.34. The standard InChI is InChI=1S/C16H21NO2/c1-11(18)19-15-14-10-12-6-4-5-7-13(12)16(15,2)8-9-17(14)3/h4-7,14-15H,8-10H2,1-3H3/t14-,15+,16-/m0/s1. The molecule has 0 radical (unpaired) electrons. The first-order valence-corrected chi connectivity index (χ1v) is 6.98. The van der Waals surface area contributed by atoms with Crippen molar-refractivity contribution in [3.8, 4) is 0 Å². The number of carbonyl (C=O) groups is 1. The maximum Gasteiger partial charge on any atom is 0.302 e. The number of hydrogen-bond acceptors (Lipinski definition) is 3. The fourth-order valence-electron chi connectivity index (χ4n) is 3.79. The molecule has 1 aromatic rings. The normalized spacial score (nSPS) is 33.6. The Morgan fingerprint density at radius 3 is 2.89 bits per heavy atom. The third-order valence-corrected chi connectivity index (χ3v) is 4.88. The summed E-state index contributed by atoms with van der Waals surface area (Å²) in [5, 5.41) is 0. The van der Waals surface area contributed by atoms with E-state index in [0.717, 1.165) is 19.4 Å². The molecule has 1 aliphatic carbocycles. The lowest BCUT2D eigenvalue weighted by molar-refractivity contribution is -0.159. The predicted molar refractivity (Wildman–Crippen MR) is 74.1 cm³/mol. The molecule has 1 heterocycles. The molecule has 19 heavy (non-hydrogen) atoms. The van der Waals surface area contributed by atoms with E-state index in [9.17, 15) is 4.79 Å². The smallest absolute Gasteiger partial charge is 0.302 e. The molecule has 2 bridgehead atoms. The minimum atomic E-state index is -0.170. The molecular formula is C16H21NO2. The summed E-state index contributed by atoms with van der Waals surface area (Å²) in [6.07, 6.45) is 1.98. The van der Waals surface area contributed by atoms with E-state index in [-0.39, 0.29) is 17.5 Å². The van der Waals surface area contributed by atoms with Gasteiger partial charge in [-0.3, -0.25) is 9.69 Å². The molecule has 0 spiro atoms. The lowest BCUT2D eigenvalue weighted by Crippen LogP contribution is -2.62. The fourth-order valence-corrected chi connectivity index (χ4v) is 3.79. The van der Waals surface area contributed by atoms with Crippen molar-refractivity contribution in [2.75, 3.05) is 13.6 Å². The molecule has 0 aromatic heterocycles. The summed E-state index contributed by atoms with van der Waals surface area (Å²) in [6.45, 7) is 4.82. The molecule has 3 nitrogen and oxygen atoms in total. The highest BCUT2D eigenvalue weighted by Crippen LogP contribution is 2.45. The van der Waals surface area contributed by atoms with Crippen LogP contribution in [0.15, 0.2) is 24.3 Å². The van der Waals surface area contributed by atoms with E-state index in [2.05, 4.69) is 43.1 Å². The Bertz CT molecular complexity index is 513. The Balaban J connectivity index is 2.09. The molecule has 0 saturated carbocycles. The molecule has 3 heteroatoms. The minimum absolute atomic E-state index is 0.0290. The second-order valence-corrected chi connectivity index (χ2v) is 6.11. The van der Waals surface area contributed by atoms with Crippen LogP contribution < -0.4 is 0 Å². The van der Waals surface area contributed by atoms with Gasteiger partial charge in [0.1, 0.15) is 6.10 Å². The van der Waals surface area contributed by atoms with E-state index in [4.69, 9.17) is 4.74 Å². The van der Waals surface area contributed by atoms with Crippen LogP contribution in [0.3, 0.4) is 0 Å². The van der Waals surface area contributed by atoms with Crippen molar-refractivity contribution < 1.29 is 9.53 Å². The quantitative estimate of drug-likeness (QED) is 0.724. The summed E-state index contributed by atoms with van der Waals surface area (Å²) >= 11 is 0. The Labute approximate surface area is 114 Å². The van der Waals surface area contributed by atoms with Gasteiger partial charge in [0.2, 0.25) is 0 Å². The second-order valence-electron chi connectivity index (χ2n) is 6.11. The van der Waals surface area contributed by atoms with Crippen LogP contribution in [0.1, 0.15) is 31.4 Å². The van der Waals surface area contributed by atoms with Crippen LogP contribution in [0.2, 0.25) is 0 Å². The van der Waals surface area contributed by atoms with Gasteiger partial charge >= 0.3 is 5.97 Å². The van der Waals surface area contributed by atoms with E-state index >= 15 is 0 Å². The highest BCUT2D eigenvalue weighted by Gasteiger charge is 2.51. The summed E-state index contributed by atoms with van der Waals surface area (Å²) in [4.78, 5) is 13.8. The monoisotopic (exact) mass is 259 g/mol. The molecule has 1 aliphatic heterocycles. The van der Waals surface area contributed by atoms with Crippen molar-refractivity contribution in [3.63, 3.8) is 0 Å². The van der Waals surface area contributed by atoms with Crippen molar-refractivity contribution in [3.05, 3.63) is 35.4 Å². The highest BCUT2D eigenvalue weighted by molar-refractivity contribution is 5.66. The number of fused-ring (bicyclic) bond motifs is 4. The third kappa shape index (κ3) is 1.88. The molecule has 0 N–H and O–H groups in total. The van der Waals surface area contributed by atoms with Crippen molar-refractivity contribution in [2.45, 2.75) is 44.2 Å². The molecule has 0 unspecified atom stereocenters.